The molecule has 2 aliphatic carbocycles. The topological polar surface area (TPSA) is 61.4 Å². The van der Waals surface area contributed by atoms with E-state index in [0.29, 0.717) is 18.6 Å². The number of likely N-dealkylation sites (N-methyl/N-ethyl adjacent to an activating group) is 1. The van der Waals surface area contributed by atoms with Gasteiger partial charge >= 0.3 is 0 Å². The Morgan fingerprint density at radius 3 is 2.35 bits per heavy atom. The maximum atomic E-state index is 12.0. The molecule has 2 rings (SSSR count). The zero-order valence-corrected chi connectivity index (χ0v) is 12.8. The minimum Gasteiger partial charge on any atom is -0.353 e. The van der Waals surface area contributed by atoms with E-state index in [9.17, 15) is 9.59 Å². The Morgan fingerprint density at radius 2 is 1.85 bits per heavy atom. The lowest BCUT2D eigenvalue weighted by atomic mass is 9.84. The van der Waals surface area contributed by atoms with Crippen LogP contribution < -0.4 is 10.6 Å². The maximum absolute atomic E-state index is 12.0. The molecule has 0 aromatic heterocycles. The van der Waals surface area contributed by atoms with Crippen molar-refractivity contribution in [1.82, 2.24) is 15.5 Å². The lowest BCUT2D eigenvalue weighted by Crippen LogP contribution is -2.50. The van der Waals surface area contributed by atoms with Crippen molar-refractivity contribution in [3.63, 3.8) is 0 Å². The molecule has 0 bridgehead atoms. The van der Waals surface area contributed by atoms with Crippen LogP contribution in [0.3, 0.4) is 0 Å². The molecule has 2 saturated carbocycles. The van der Waals surface area contributed by atoms with Gasteiger partial charge in [-0.3, -0.25) is 14.5 Å². The first-order chi connectivity index (χ1) is 9.49. The monoisotopic (exact) mass is 281 g/mol. The molecule has 0 heterocycles. The minimum absolute atomic E-state index is 0.0297. The van der Waals surface area contributed by atoms with Crippen LogP contribution in [0.15, 0.2) is 0 Å². The third-order valence-electron chi connectivity index (χ3n) is 4.62. The van der Waals surface area contributed by atoms with Crippen LogP contribution in [0.1, 0.15) is 46.0 Å². The number of hydrogen-bond acceptors (Lipinski definition) is 3. The first-order valence-electron chi connectivity index (χ1n) is 7.79. The van der Waals surface area contributed by atoms with Crippen LogP contribution in [0.5, 0.6) is 0 Å². The first-order valence-corrected chi connectivity index (χ1v) is 7.79. The van der Waals surface area contributed by atoms with E-state index in [1.165, 1.54) is 12.8 Å². The summed E-state index contributed by atoms with van der Waals surface area (Å²) in [5.41, 5.74) is 0. The number of rotatable bonds is 7. The molecule has 2 amide bonds. The van der Waals surface area contributed by atoms with Crippen LogP contribution in [0.25, 0.3) is 0 Å². The van der Waals surface area contributed by atoms with Gasteiger partial charge in [0.15, 0.2) is 0 Å². The Morgan fingerprint density at radius 1 is 1.20 bits per heavy atom. The fourth-order valence-electron chi connectivity index (χ4n) is 2.45. The number of nitrogens with zero attached hydrogens (tertiary/aromatic N) is 1. The largest absolute Gasteiger partial charge is 0.353 e. The molecule has 0 radical (unpaired) electrons. The molecular weight excluding hydrogens is 254 g/mol. The number of carbonyl (C=O) groups excluding carboxylic acids is 2. The lowest BCUT2D eigenvalue weighted by Gasteiger charge is -2.27. The van der Waals surface area contributed by atoms with Gasteiger partial charge < -0.3 is 10.6 Å². The van der Waals surface area contributed by atoms with Gasteiger partial charge in [0.2, 0.25) is 11.8 Å². The molecule has 2 aliphatic rings. The van der Waals surface area contributed by atoms with Crippen molar-refractivity contribution < 1.29 is 9.59 Å². The SMILES string of the molecule is CC(NC(=O)C1CCC1)C(=O)NCC(C)N(C)C1CC1. The third-order valence-corrected chi connectivity index (χ3v) is 4.62. The van der Waals surface area contributed by atoms with E-state index >= 15 is 0 Å². The van der Waals surface area contributed by atoms with E-state index in [0.717, 1.165) is 19.3 Å². The van der Waals surface area contributed by atoms with Gasteiger partial charge in [-0.2, -0.15) is 0 Å². The Bertz CT molecular complexity index is 364. The molecule has 5 nitrogen and oxygen atoms in total. The van der Waals surface area contributed by atoms with E-state index in [2.05, 4.69) is 29.5 Å². The van der Waals surface area contributed by atoms with Gasteiger partial charge in [0.25, 0.3) is 0 Å². The normalized spacial score (nSPS) is 22.0. The molecule has 0 spiro atoms. The summed E-state index contributed by atoms with van der Waals surface area (Å²) in [4.78, 5) is 26.1. The highest BCUT2D eigenvalue weighted by atomic mass is 16.2. The van der Waals surface area contributed by atoms with Gasteiger partial charge in [0.1, 0.15) is 6.04 Å². The molecule has 0 aliphatic heterocycles. The highest BCUT2D eigenvalue weighted by Gasteiger charge is 2.30. The smallest absolute Gasteiger partial charge is 0.242 e. The van der Waals surface area contributed by atoms with Crippen LogP contribution in [0.2, 0.25) is 0 Å². The Hall–Kier alpha value is -1.10. The van der Waals surface area contributed by atoms with Crippen molar-refractivity contribution in [1.29, 1.82) is 0 Å². The number of amides is 2. The summed E-state index contributed by atoms with van der Waals surface area (Å²) < 4.78 is 0. The van der Waals surface area contributed by atoms with E-state index in [4.69, 9.17) is 0 Å². The maximum Gasteiger partial charge on any atom is 0.242 e. The molecule has 2 unspecified atom stereocenters. The summed E-state index contributed by atoms with van der Waals surface area (Å²) in [6.45, 7) is 4.51. The summed E-state index contributed by atoms with van der Waals surface area (Å²) in [6, 6.07) is 0.583. The summed E-state index contributed by atoms with van der Waals surface area (Å²) in [5, 5.41) is 5.74. The average Bonchev–Trinajstić information content (AvgIpc) is 3.16. The molecule has 0 aromatic rings. The highest BCUT2D eigenvalue weighted by molar-refractivity contribution is 5.88. The van der Waals surface area contributed by atoms with E-state index in [1.807, 2.05) is 0 Å². The second kappa shape index (κ2) is 6.57. The number of hydrogen-bond donors (Lipinski definition) is 2. The number of carbonyl (C=O) groups is 2. The highest BCUT2D eigenvalue weighted by Crippen LogP contribution is 2.27. The van der Waals surface area contributed by atoms with Crippen LogP contribution in [-0.2, 0) is 9.59 Å². The molecular formula is C15H27N3O2. The van der Waals surface area contributed by atoms with Gasteiger partial charge in [0.05, 0.1) is 0 Å². The fourth-order valence-corrected chi connectivity index (χ4v) is 2.45. The van der Waals surface area contributed by atoms with E-state index in [-0.39, 0.29) is 17.7 Å². The van der Waals surface area contributed by atoms with Crippen LogP contribution in [0, 0.1) is 5.92 Å². The first kappa shape index (κ1) is 15.3. The number of nitrogens with one attached hydrogen (secondary N) is 2. The quantitative estimate of drug-likeness (QED) is 0.728. The summed E-state index contributed by atoms with van der Waals surface area (Å²) in [5.74, 6) is 0.0703. The molecule has 114 valence electrons. The second-order valence-corrected chi connectivity index (χ2v) is 6.35. The average molecular weight is 281 g/mol. The van der Waals surface area contributed by atoms with Crippen LogP contribution >= 0.6 is 0 Å². The summed E-state index contributed by atoms with van der Waals surface area (Å²) in [7, 11) is 2.11. The second-order valence-electron chi connectivity index (χ2n) is 6.35. The summed E-state index contributed by atoms with van der Waals surface area (Å²) in [6.07, 6.45) is 5.59. The fraction of sp³-hybridized carbons (Fsp3) is 0.867. The van der Waals surface area contributed by atoms with Crippen molar-refractivity contribution in [2.45, 2.75) is 64.1 Å². The molecule has 0 saturated heterocycles. The zero-order valence-electron chi connectivity index (χ0n) is 12.8. The third kappa shape index (κ3) is 3.95. The molecule has 2 fully saturated rings. The van der Waals surface area contributed by atoms with Gasteiger partial charge in [-0.1, -0.05) is 6.42 Å². The Labute approximate surface area is 121 Å². The van der Waals surface area contributed by atoms with Crippen molar-refractivity contribution in [3.05, 3.63) is 0 Å². The van der Waals surface area contributed by atoms with Crippen LogP contribution in [0.4, 0.5) is 0 Å². The van der Waals surface area contributed by atoms with Crippen molar-refractivity contribution in [2.24, 2.45) is 5.92 Å². The van der Waals surface area contributed by atoms with Crippen LogP contribution in [-0.4, -0.2) is 48.4 Å². The molecule has 5 heteroatoms. The van der Waals surface area contributed by atoms with Crippen molar-refractivity contribution in [3.8, 4) is 0 Å². The Kier molecular flexibility index (Phi) is 5.02. The Balaban J connectivity index is 1.66. The minimum atomic E-state index is -0.443. The standard InChI is InChI=1S/C15H27N3O2/c1-10(18(3)13-7-8-13)9-16-14(19)11(2)17-15(20)12-5-4-6-12/h10-13H,4-9H2,1-3H3,(H,16,19)(H,17,20). The predicted octanol–water partition coefficient (Wildman–Crippen LogP) is 0.890. The van der Waals surface area contributed by atoms with Gasteiger partial charge in [-0.05, 0) is 46.6 Å². The van der Waals surface area contributed by atoms with Gasteiger partial charge in [-0.25, -0.2) is 0 Å². The van der Waals surface area contributed by atoms with Crippen molar-refractivity contribution in [2.75, 3.05) is 13.6 Å². The molecule has 2 atom stereocenters. The molecule has 20 heavy (non-hydrogen) atoms. The molecule has 0 aromatic carbocycles. The van der Waals surface area contributed by atoms with Gasteiger partial charge in [-0.15, -0.1) is 0 Å². The summed E-state index contributed by atoms with van der Waals surface area (Å²) >= 11 is 0. The lowest BCUT2D eigenvalue weighted by molar-refractivity contribution is -0.132. The van der Waals surface area contributed by atoms with E-state index < -0.39 is 6.04 Å². The van der Waals surface area contributed by atoms with Gasteiger partial charge in [0, 0.05) is 24.5 Å². The van der Waals surface area contributed by atoms with E-state index in [1.54, 1.807) is 6.92 Å². The zero-order chi connectivity index (χ0) is 14.7. The predicted molar refractivity (Wildman–Crippen MR) is 78.2 cm³/mol. The van der Waals surface area contributed by atoms with Crippen molar-refractivity contribution >= 4 is 11.8 Å². The molecule has 2 N–H and O–H groups in total.